The normalized spacial score (nSPS) is 11.9. The van der Waals surface area contributed by atoms with Crippen molar-refractivity contribution in [1.82, 2.24) is 5.32 Å². The summed E-state index contributed by atoms with van der Waals surface area (Å²) in [5.74, 6) is -2.30. The molecule has 0 fully saturated rings. The number of carbonyl (C=O) groups excluding carboxylic acids is 1. The van der Waals surface area contributed by atoms with E-state index in [0.29, 0.717) is 4.47 Å². The molecule has 1 rings (SSSR count). The minimum absolute atomic E-state index is 0.00284. The van der Waals surface area contributed by atoms with Gasteiger partial charge in [0.2, 0.25) is 0 Å². The fraction of sp³-hybridized carbons (Fsp3) is 0.333. The Morgan fingerprint density at radius 1 is 1.53 bits per heavy atom. The second-order valence-electron chi connectivity index (χ2n) is 3.79. The van der Waals surface area contributed by atoms with Crippen molar-refractivity contribution in [3.05, 3.63) is 34.1 Å². The van der Waals surface area contributed by atoms with Gasteiger partial charge >= 0.3 is 5.97 Å². The van der Waals surface area contributed by atoms with Crippen LogP contribution in [0.15, 0.2) is 22.7 Å². The average molecular weight is 334 g/mol. The first-order valence-corrected chi connectivity index (χ1v) is 6.21. The lowest BCUT2D eigenvalue weighted by molar-refractivity contribution is -0.139. The van der Waals surface area contributed by atoms with Crippen LogP contribution in [0.3, 0.4) is 0 Å². The molecule has 7 heteroatoms. The van der Waals surface area contributed by atoms with Gasteiger partial charge < -0.3 is 15.2 Å². The number of nitrogens with one attached hydrogen (secondary N) is 1. The highest BCUT2D eigenvalue weighted by atomic mass is 79.9. The number of hydrogen-bond donors (Lipinski definition) is 2. The smallest absolute Gasteiger partial charge is 0.306 e. The van der Waals surface area contributed by atoms with Gasteiger partial charge in [-0.15, -0.1) is 0 Å². The summed E-state index contributed by atoms with van der Waals surface area (Å²) in [6.07, 6.45) is -0.889. The topological polar surface area (TPSA) is 75.6 Å². The first-order chi connectivity index (χ1) is 8.93. The maximum Gasteiger partial charge on any atom is 0.306 e. The fourth-order valence-corrected chi connectivity index (χ4v) is 1.74. The van der Waals surface area contributed by atoms with E-state index in [1.165, 1.54) is 19.2 Å². The van der Waals surface area contributed by atoms with Crippen molar-refractivity contribution in [2.75, 3.05) is 13.7 Å². The molecule has 0 aliphatic rings. The molecule has 104 valence electrons. The molecule has 0 radical (unpaired) electrons. The van der Waals surface area contributed by atoms with Crippen LogP contribution in [-0.2, 0) is 9.53 Å². The molecule has 1 aromatic carbocycles. The largest absolute Gasteiger partial charge is 0.481 e. The van der Waals surface area contributed by atoms with E-state index in [0.717, 1.165) is 0 Å². The summed E-state index contributed by atoms with van der Waals surface area (Å²) in [6, 6.07) is 4.07. The highest BCUT2D eigenvalue weighted by molar-refractivity contribution is 9.10. The number of carboxylic acid groups (broad SMARTS) is 1. The summed E-state index contributed by atoms with van der Waals surface area (Å²) >= 11 is 3.09. The van der Waals surface area contributed by atoms with Crippen LogP contribution in [0.2, 0.25) is 0 Å². The van der Waals surface area contributed by atoms with Gasteiger partial charge in [-0.2, -0.15) is 0 Å². The Balaban J connectivity index is 2.61. The zero-order chi connectivity index (χ0) is 14.4. The van der Waals surface area contributed by atoms with Gasteiger partial charge in [0, 0.05) is 18.1 Å². The van der Waals surface area contributed by atoms with Crippen LogP contribution in [0.1, 0.15) is 16.8 Å². The molecule has 1 unspecified atom stereocenters. The van der Waals surface area contributed by atoms with Gasteiger partial charge in [0.25, 0.3) is 5.91 Å². The number of carboxylic acids is 1. The molecule has 19 heavy (non-hydrogen) atoms. The Morgan fingerprint density at radius 2 is 2.21 bits per heavy atom. The van der Waals surface area contributed by atoms with Crippen molar-refractivity contribution >= 4 is 27.8 Å². The number of ether oxygens (including phenoxy) is 1. The number of carbonyl (C=O) groups is 2. The SMILES string of the molecule is COC(CNC(=O)c1ccc(Br)cc1F)CC(=O)O. The number of methoxy groups -OCH3 is 1. The van der Waals surface area contributed by atoms with Gasteiger partial charge in [-0.05, 0) is 18.2 Å². The van der Waals surface area contributed by atoms with Crippen LogP contribution in [0.25, 0.3) is 0 Å². The third-order valence-electron chi connectivity index (χ3n) is 2.40. The summed E-state index contributed by atoms with van der Waals surface area (Å²) < 4.78 is 18.9. The zero-order valence-electron chi connectivity index (χ0n) is 10.2. The van der Waals surface area contributed by atoms with Crippen LogP contribution in [0.5, 0.6) is 0 Å². The van der Waals surface area contributed by atoms with Gasteiger partial charge in [-0.1, -0.05) is 15.9 Å². The van der Waals surface area contributed by atoms with Crippen LogP contribution in [-0.4, -0.2) is 36.7 Å². The number of benzene rings is 1. The summed E-state index contributed by atoms with van der Waals surface area (Å²) in [5.41, 5.74) is -0.103. The van der Waals surface area contributed by atoms with Crippen LogP contribution < -0.4 is 5.32 Å². The van der Waals surface area contributed by atoms with Crippen LogP contribution >= 0.6 is 15.9 Å². The van der Waals surface area contributed by atoms with Crippen LogP contribution in [0.4, 0.5) is 4.39 Å². The highest BCUT2D eigenvalue weighted by Gasteiger charge is 2.16. The minimum atomic E-state index is -1.03. The third kappa shape index (κ3) is 4.96. The van der Waals surface area contributed by atoms with E-state index in [2.05, 4.69) is 21.2 Å². The summed E-state index contributed by atoms with van der Waals surface area (Å²) in [7, 11) is 1.35. The van der Waals surface area contributed by atoms with E-state index >= 15 is 0 Å². The van der Waals surface area contributed by atoms with Crippen molar-refractivity contribution in [2.24, 2.45) is 0 Å². The number of rotatable bonds is 6. The molecular weight excluding hydrogens is 321 g/mol. The Bertz CT molecular complexity index is 481. The second kappa shape index (κ2) is 7.20. The monoisotopic (exact) mass is 333 g/mol. The number of halogens is 2. The molecule has 1 aromatic rings. The standard InChI is InChI=1S/C12H13BrFNO4/c1-19-8(5-11(16)17)6-15-12(18)9-3-2-7(13)4-10(9)14/h2-4,8H,5-6H2,1H3,(H,15,18)(H,16,17). The van der Waals surface area contributed by atoms with Gasteiger partial charge in [-0.25, -0.2) is 4.39 Å². The Labute approximate surface area is 117 Å². The molecule has 0 aromatic heterocycles. The predicted octanol–water partition coefficient (Wildman–Crippen LogP) is 1.81. The summed E-state index contributed by atoms with van der Waals surface area (Å²) in [4.78, 5) is 22.2. The predicted molar refractivity (Wildman–Crippen MR) is 69.5 cm³/mol. The first kappa shape index (κ1) is 15.6. The molecule has 1 atom stereocenters. The van der Waals surface area contributed by atoms with Crippen molar-refractivity contribution < 1.29 is 23.8 Å². The molecule has 0 heterocycles. The van der Waals surface area contributed by atoms with E-state index in [-0.39, 0.29) is 18.5 Å². The Kier molecular flexibility index (Phi) is 5.91. The molecule has 1 amide bonds. The van der Waals surface area contributed by atoms with Crippen LogP contribution in [0, 0.1) is 5.82 Å². The third-order valence-corrected chi connectivity index (χ3v) is 2.89. The summed E-state index contributed by atoms with van der Waals surface area (Å²) in [6.45, 7) is -0.00284. The number of aliphatic carboxylic acids is 1. The molecule has 5 nitrogen and oxygen atoms in total. The van der Waals surface area contributed by atoms with E-state index in [1.54, 1.807) is 6.07 Å². The highest BCUT2D eigenvalue weighted by Crippen LogP contribution is 2.15. The van der Waals surface area contributed by atoms with Crippen molar-refractivity contribution in [2.45, 2.75) is 12.5 Å². The molecule has 2 N–H and O–H groups in total. The Hall–Kier alpha value is -1.47. The van der Waals surface area contributed by atoms with E-state index in [1.807, 2.05) is 0 Å². The number of amides is 1. The van der Waals surface area contributed by atoms with Gasteiger partial charge in [0.15, 0.2) is 0 Å². The van der Waals surface area contributed by atoms with Crippen molar-refractivity contribution in [3.63, 3.8) is 0 Å². The van der Waals surface area contributed by atoms with E-state index in [9.17, 15) is 14.0 Å². The molecule has 0 spiro atoms. The molecule has 0 saturated carbocycles. The molecule has 0 aliphatic heterocycles. The van der Waals surface area contributed by atoms with Crippen molar-refractivity contribution in [1.29, 1.82) is 0 Å². The zero-order valence-corrected chi connectivity index (χ0v) is 11.7. The molecular formula is C12H13BrFNO4. The maximum absolute atomic E-state index is 13.5. The quantitative estimate of drug-likeness (QED) is 0.832. The second-order valence-corrected chi connectivity index (χ2v) is 4.71. The number of hydrogen-bond acceptors (Lipinski definition) is 3. The van der Waals surface area contributed by atoms with E-state index < -0.39 is 23.8 Å². The molecule has 0 aliphatic carbocycles. The lowest BCUT2D eigenvalue weighted by Gasteiger charge is -2.14. The van der Waals surface area contributed by atoms with Crippen molar-refractivity contribution in [3.8, 4) is 0 Å². The summed E-state index contributed by atoms with van der Waals surface area (Å²) in [5, 5.41) is 11.0. The van der Waals surface area contributed by atoms with Gasteiger partial charge in [0.1, 0.15) is 5.82 Å². The maximum atomic E-state index is 13.5. The van der Waals surface area contributed by atoms with E-state index in [4.69, 9.17) is 9.84 Å². The average Bonchev–Trinajstić information content (AvgIpc) is 2.33. The minimum Gasteiger partial charge on any atom is -0.481 e. The Morgan fingerprint density at radius 3 is 2.74 bits per heavy atom. The fourth-order valence-electron chi connectivity index (χ4n) is 1.41. The molecule has 0 saturated heterocycles. The van der Waals surface area contributed by atoms with Gasteiger partial charge in [0.05, 0.1) is 18.1 Å². The van der Waals surface area contributed by atoms with Gasteiger partial charge in [-0.3, -0.25) is 9.59 Å². The molecule has 0 bridgehead atoms. The lowest BCUT2D eigenvalue weighted by atomic mass is 10.2. The first-order valence-electron chi connectivity index (χ1n) is 5.42. The lowest BCUT2D eigenvalue weighted by Crippen LogP contribution is -2.34.